The fraction of sp³-hybridized carbons (Fsp3) is 0.250. The van der Waals surface area contributed by atoms with Crippen LogP contribution in [-0.2, 0) is 15.1 Å². The van der Waals surface area contributed by atoms with Gasteiger partial charge < -0.3 is 9.64 Å². The van der Waals surface area contributed by atoms with Gasteiger partial charge in [0.25, 0.3) is 0 Å². The number of carbonyl (C=O) groups excluding carboxylic acids is 1. The number of ketones is 1. The molecular weight excluding hydrogens is 286 g/mol. The third-order valence-corrected chi connectivity index (χ3v) is 4.23. The predicted octanol–water partition coefficient (Wildman–Crippen LogP) is 3.47. The lowest BCUT2D eigenvalue weighted by atomic mass is 9.83. The highest BCUT2D eigenvalue weighted by Crippen LogP contribution is 2.41. The molecule has 2 aromatic carbocycles. The topological polar surface area (TPSA) is 29.5 Å². The van der Waals surface area contributed by atoms with Crippen LogP contribution < -0.4 is 0 Å². The second-order valence-electron chi connectivity index (χ2n) is 6.09. The molecule has 23 heavy (non-hydrogen) atoms. The quantitative estimate of drug-likeness (QED) is 0.847. The van der Waals surface area contributed by atoms with Gasteiger partial charge in [-0.3, -0.25) is 4.79 Å². The zero-order chi connectivity index (χ0) is 16.3. The van der Waals surface area contributed by atoms with Gasteiger partial charge in [-0.2, -0.15) is 0 Å². The van der Waals surface area contributed by atoms with Gasteiger partial charge in [0.15, 0.2) is 5.60 Å². The van der Waals surface area contributed by atoms with E-state index in [2.05, 4.69) is 4.90 Å². The maximum Gasteiger partial charge on any atom is 0.214 e. The number of hydrogen-bond acceptors (Lipinski definition) is 3. The maximum absolute atomic E-state index is 13.2. The molecule has 0 aliphatic carbocycles. The van der Waals surface area contributed by atoms with E-state index in [4.69, 9.17) is 4.74 Å². The molecule has 0 amide bonds. The molecule has 0 spiro atoms. The van der Waals surface area contributed by atoms with Crippen LogP contribution >= 0.6 is 0 Å². The molecule has 0 saturated heterocycles. The Hall–Kier alpha value is -2.39. The number of Topliss-reactive ketones (excluding diaryl/α,β-unsaturated/α-hetero) is 1. The largest absolute Gasteiger partial charge is 0.481 e. The van der Waals surface area contributed by atoms with Gasteiger partial charge in [0.05, 0.1) is 11.8 Å². The van der Waals surface area contributed by atoms with Gasteiger partial charge in [-0.1, -0.05) is 60.7 Å². The molecule has 1 atom stereocenters. The summed E-state index contributed by atoms with van der Waals surface area (Å²) >= 11 is 0. The first kappa shape index (κ1) is 15.5. The molecule has 3 nitrogen and oxygen atoms in total. The highest BCUT2D eigenvalue weighted by atomic mass is 16.5. The zero-order valence-corrected chi connectivity index (χ0v) is 13.5. The fourth-order valence-corrected chi connectivity index (χ4v) is 2.91. The lowest BCUT2D eigenvalue weighted by molar-refractivity contribution is -0.130. The Morgan fingerprint density at radius 2 is 1.57 bits per heavy atom. The van der Waals surface area contributed by atoms with Crippen molar-refractivity contribution in [2.24, 2.45) is 0 Å². The van der Waals surface area contributed by atoms with Crippen LogP contribution in [-0.4, -0.2) is 31.3 Å². The van der Waals surface area contributed by atoms with Crippen LogP contribution in [0.4, 0.5) is 0 Å². The Labute approximate surface area is 137 Å². The van der Waals surface area contributed by atoms with E-state index < -0.39 is 5.60 Å². The first-order valence-electron chi connectivity index (χ1n) is 7.82. The van der Waals surface area contributed by atoms with Crippen molar-refractivity contribution < 1.29 is 9.53 Å². The standard InChI is InChI=1S/C20H21NO2/c1-21(2)14-13-20(17-11-7-4-8-12-17)19(22)18(15-23-20)16-9-5-3-6-10-16/h3-12,15H,13-14H2,1-2H3. The van der Waals surface area contributed by atoms with Crippen molar-refractivity contribution in [1.29, 1.82) is 0 Å². The van der Waals surface area contributed by atoms with E-state index >= 15 is 0 Å². The highest BCUT2D eigenvalue weighted by Gasteiger charge is 2.47. The van der Waals surface area contributed by atoms with Gasteiger partial charge in [0.2, 0.25) is 5.78 Å². The molecular formula is C20H21NO2. The first-order valence-corrected chi connectivity index (χ1v) is 7.82. The summed E-state index contributed by atoms with van der Waals surface area (Å²) in [6, 6.07) is 19.5. The smallest absolute Gasteiger partial charge is 0.214 e. The molecule has 1 heterocycles. The van der Waals surface area contributed by atoms with Gasteiger partial charge in [-0.15, -0.1) is 0 Å². The summed E-state index contributed by atoms with van der Waals surface area (Å²) in [5, 5.41) is 0. The summed E-state index contributed by atoms with van der Waals surface area (Å²) < 4.78 is 6.02. The molecule has 1 aliphatic heterocycles. The fourth-order valence-electron chi connectivity index (χ4n) is 2.91. The molecule has 0 aromatic heterocycles. The summed E-state index contributed by atoms with van der Waals surface area (Å²) in [5.74, 6) is 0.0387. The van der Waals surface area contributed by atoms with Gasteiger partial charge in [0, 0.05) is 18.5 Å². The van der Waals surface area contributed by atoms with E-state index in [1.54, 1.807) is 6.26 Å². The van der Waals surface area contributed by atoms with Crippen molar-refractivity contribution in [2.75, 3.05) is 20.6 Å². The Balaban J connectivity index is 1.97. The van der Waals surface area contributed by atoms with E-state index in [1.807, 2.05) is 74.8 Å². The highest BCUT2D eigenvalue weighted by molar-refractivity contribution is 6.26. The molecule has 118 valence electrons. The van der Waals surface area contributed by atoms with Crippen LogP contribution in [0.1, 0.15) is 17.5 Å². The average Bonchev–Trinajstić information content (AvgIpc) is 2.92. The molecule has 2 aromatic rings. The van der Waals surface area contributed by atoms with Crippen molar-refractivity contribution in [3.8, 4) is 0 Å². The maximum atomic E-state index is 13.2. The number of carbonyl (C=O) groups is 1. The minimum absolute atomic E-state index is 0.0387. The molecule has 0 radical (unpaired) electrons. The molecule has 0 N–H and O–H groups in total. The van der Waals surface area contributed by atoms with Crippen LogP contribution in [0.5, 0.6) is 0 Å². The van der Waals surface area contributed by atoms with E-state index in [9.17, 15) is 4.79 Å². The molecule has 0 saturated carbocycles. The lowest BCUT2D eigenvalue weighted by Crippen LogP contribution is -2.37. The van der Waals surface area contributed by atoms with E-state index in [0.717, 1.165) is 17.7 Å². The average molecular weight is 307 g/mol. The van der Waals surface area contributed by atoms with Gasteiger partial charge in [-0.05, 0) is 19.7 Å². The molecule has 1 aliphatic rings. The molecule has 0 bridgehead atoms. The minimum atomic E-state index is -0.920. The van der Waals surface area contributed by atoms with Crippen molar-refractivity contribution in [2.45, 2.75) is 12.0 Å². The molecule has 3 rings (SSSR count). The van der Waals surface area contributed by atoms with Gasteiger partial charge in [0.1, 0.15) is 0 Å². The first-order chi connectivity index (χ1) is 11.1. The van der Waals surface area contributed by atoms with Crippen LogP contribution in [0, 0.1) is 0 Å². The molecule has 3 heteroatoms. The summed E-state index contributed by atoms with van der Waals surface area (Å²) in [6.07, 6.45) is 2.25. The summed E-state index contributed by atoms with van der Waals surface area (Å²) in [6.45, 7) is 0.774. The van der Waals surface area contributed by atoms with Crippen molar-refractivity contribution in [3.05, 3.63) is 78.1 Å². The number of rotatable bonds is 5. The Morgan fingerprint density at radius 3 is 2.17 bits per heavy atom. The molecule has 0 fully saturated rings. The van der Waals surface area contributed by atoms with Gasteiger partial charge >= 0.3 is 0 Å². The minimum Gasteiger partial charge on any atom is -0.481 e. The molecule has 1 unspecified atom stereocenters. The number of hydrogen-bond donors (Lipinski definition) is 0. The number of ether oxygens (including phenoxy) is 1. The van der Waals surface area contributed by atoms with Crippen molar-refractivity contribution >= 4 is 11.4 Å². The van der Waals surface area contributed by atoms with Crippen LogP contribution in [0.25, 0.3) is 5.57 Å². The van der Waals surface area contributed by atoms with Crippen molar-refractivity contribution in [1.82, 2.24) is 4.90 Å². The zero-order valence-electron chi connectivity index (χ0n) is 13.5. The van der Waals surface area contributed by atoms with E-state index in [-0.39, 0.29) is 5.78 Å². The van der Waals surface area contributed by atoms with Crippen LogP contribution in [0.15, 0.2) is 66.9 Å². The third kappa shape index (κ3) is 2.92. The Morgan fingerprint density at radius 1 is 0.957 bits per heavy atom. The Bertz CT molecular complexity index is 707. The second-order valence-corrected chi connectivity index (χ2v) is 6.09. The van der Waals surface area contributed by atoms with E-state index in [1.165, 1.54) is 0 Å². The third-order valence-electron chi connectivity index (χ3n) is 4.23. The second kappa shape index (κ2) is 6.39. The Kier molecular flexibility index (Phi) is 4.30. The normalized spacial score (nSPS) is 20.5. The summed E-state index contributed by atoms with van der Waals surface area (Å²) in [4.78, 5) is 15.3. The number of nitrogens with zero attached hydrogens (tertiary/aromatic N) is 1. The van der Waals surface area contributed by atoms with Gasteiger partial charge in [-0.25, -0.2) is 0 Å². The monoisotopic (exact) mass is 307 g/mol. The number of benzene rings is 2. The summed E-state index contributed by atoms with van der Waals surface area (Å²) in [5.41, 5.74) is 1.54. The van der Waals surface area contributed by atoms with Crippen LogP contribution in [0.3, 0.4) is 0 Å². The predicted molar refractivity (Wildman–Crippen MR) is 91.8 cm³/mol. The van der Waals surface area contributed by atoms with E-state index in [0.29, 0.717) is 12.0 Å². The van der Waals surface area contributed by atoms with Crippen LogP contribution in [0.2, 0.25) is 0 Å². The lowest BCUT2D eigenvalue weighted by Gasteiger charge is -2.29. The summed E-state index contributed by atoms with van der Waals surface area (Å²) in [7, 11) is 4.01. The SMILES string of the molecule is CN(C)CCC1(c2ccccc2)OC=C(c2ccccc2)C1=O. The van der Waals surface area contributed by atoms with Crippen molar-refractivity contribution in [3.63, 3.8) is 0 Å².